The monoisotopic (exact) mass is 1370 g/mol. The van der Waals surface area contributed by atoms with E-state index in [-0.39, 0.29) is 97.0 Å². The summed E-state index contributed by atoms with van der Waals surface area (Å²) in [5.41, 5.74) is 13.4. The summed E-state index contributed by atoms with van der Waals surface area (Å²) in [5.74, 6) is -4.78. The van der Waals surface area contributed by atoms with Crippen molar-refractivity contribution in [2.75, 3.05) is 38.8 Å². The first-order valence-electron chi connectivity index (χ1n) is 30.6. The van der Waals surface area contributed by atoms with Gasteiger partial charge < -0.3 is 73.3 Å². The molecular formula is C71H77N5O23. The Morgan fingerprint density at radius 1 is 0.444 bits per heavy atom. The number of aromatic nitrogens is 3. The number of carbonyl (C=O) groups is 7. The van der Waals surface area contributed by atoms with Crippen LogP contribution in [0.3, 0.4) is 0 Å². The fraction of sp³-hybridized carbons (Fsp3) is 0.268. The van der Waals surface area contributed by atoms with Crippen LogP contribution < -0.4 is 5.73 Å². The van der Waals surface area contributed by atoms with E-state index in [4.69, 9.17) is 53.3 Å². The molecule has 99 heavy (non-hydrogen) atoms. The number of hydrogen-bond donors (Lipinski definition) is 7. The van der Waals surface area contributed by atoms with Crippen molar-refractivity contribution in [3.63, 3.8) is 0 Å². The molecule has 0 amide bonds. The molecular weight excluding hydrogens is 1290 g/mol. The van der Waals surface area contributed by atoms with Gasteiger partial charge in [-0.05, 0) is 84.9 Å². The zero-order valence-electron chi connectivity index (χ0n) is 55.2. The molecule has 0 saturated heterocycles. The third-order valence-electron chi connectivity index (χ3n) is 13.5. The van der Waals surface area contributed by atoms with Crippen LogP contribution in [0.1, 0.15) is 99.2 Å². The number of anilines is 1. The number of nitrogens with zero attached hydrogens (tertiary/aromatic N) is 4. The van der Waals surface area contributed by atoms with E-state index in [9.17, 15) is 59.0 Å². The molecule has 10 aromatic rings. The van der Waals surface area contributed by atoms with Crippen molar-refractivity contribution in [1.82, 2.24) is 15.0 Å². The Hall–Kier alpha value is -12.4. The number of aromatic hydroxyl groups is 4. The Balaban J connectivity index is 0.000000246. The Kier molecular flexibility index (Phi) is 33.1. The van der Waals surface area contributed by atoms with Crippen molar-refractivity contribution < 1.29 is 106 Å². The number of rotatable bonds is 20. The molecule has 0 spiro atoms. The lowest BCUT2D eigenvalue weighted by molar-refractivity contribution is -0.385. The van der Waals surface area contributed by atoms with E-state index in [2.05, 4.69) is 19.7 Å². The topological polar surface area (TPSA) is 434 Å². The standard InChI is InChI=1S/C12H13NO3.C11H11NO3.C10H11NO5.C10H9NO3.C10H13NO3.C10H12O3.C8H8O3/c1-3-15-12(14)8(2)9-5-4-6-10-11(9)16-7-13-10;1-2-14-10(13)6-8-4-3-5-9-11(8)15-7-12-9;1-2-16-9(12)6-7-4-3-5-8(10(7)13)11(14)15;1-6(10(12)13)7-3-2-4-8-9(7)14-5-11-8;1-2-14-9(12)6-7-4-3-5-8(11)10(7)13;1-2-13-10(12)7-8-5-3-4-6-9(8)11;9-7-4-2-1-3-6(7)5-8(10)11/h4-8H,3H2,1-2H3;3-5,7H,2,6H2,1H3;3-5,13H,2,6H2,1H3;2-6H,1H3,(H,12,13);3-5,13H,2,6,11H2,1H3;3-6,11H,2,7H2,1H3;1-4,9H,5H2,(H,10,11). The van der Waals surface area contributed by atoms with Gasteiger partial charge in [-0.15, -0.1) is 0 Å². The van der Waals surface area contributed by atoms with Crippen molar-refractivity contribution in [3.8, 4) is 23.0 Å². The van der Waals surface area contributed by atoms with Crippen LogP contribution in [0.4, 0.5) is 11.4 Å². The van der Waals surface area contributed by atoms with Gasteiger partial charge in [-0.1, -0.05) is 97.1 Å². The van der Waals surface area contributed by atoms with Gasteiger partial charge in [0.05, 0.1) is 87.6 Å². The van der Waals surface area contributed by atoms with Crippen LogP contribution in [-0.2, 0) is 89.4 Å². The number of esters is 5. The van der Waals surface area contributed by atoms with E-state index in [0.717, 1.165) is 22.2 Å². The summed E-state index contributed by atoms with van der Waals surface area (Å²) in [5, 5.41) is 65.2. The highest BCUT2D eigenvalue weighted by Gasteiger charge is 2.22. The molecule has 0 aliphatic heterocycles. The Morgan fingerprint density at radius 2 is 0.798 bits per heavy atom. The van der Waals surface area contributed by atoms with Crippen molar-refractivity contribution in [2.45, 2.75) is 92.4 Å². The largest absolute Gasteiger partial charge is 0.508 e. The van der Waals surface area contributed by atoms with Gasteiger partial charge in [-0.25, -0.2) is 15.0 Å². The number of carboxylic acid groups (broad SMARTS) is 2. The van der Waals surface area contributed by atoms with E-state index < -0.39 is 40.2 Å². The number of hydrogen-bond acceptors (Lipinski definition) is 25. The maximum atomic E-state index is 11.6. The third kappa shape index (κ3) is 25.7. The molecule has 7 aromatic carbocycles. The predicted molar refractivity (Wildman–Crippen MR) is 359 cm³/mol. The summed E-state index contributed by atoms with van der Waals surface area (Å²) in [6, 6.07) is 38.5. The number of phenolic OH excluding ortho intramolecular Hbond substituents is 4. The number of benzene rings is 7. The second kappa shape index (κ2) is 41.5. The highest BCUT2D eigenvalue weighted by molar-refractivity contribution is 5.87. The van der Waals surface area contributed by atoms with Crippen LogP contribution in [0, 0.1) is 10.1 Å². The molecule has 28 heteroatoms. The van der Waals surface area contributed by atoms with Gasteiger partial charge in [-0.2, -0.15) is 0 Å². The number of nitrogen functional groups attached to an aromatic ring is 1. The molecule has 28 nitrogen and oxygen atoms in total. The van der Waals surface area contributed by atoms with E-state index in [0.29, 0.717) is 70.9 Å². The molecule has 524 valence electrons. The predicted octanol–water partition coefficient (Wildman–Crippen LogP) is 11.4. The quantitative estimate of drug-likeness (QED) is 0.00930. The molecule has 2 atom stereocenters. The Morgan fingerprint density at radius 3 is 1.23 bits per heavy atom. The molecule has 8 N–H and O–H groups in total. The van der Waals surface area contributed by atoms with Crippen molar-refractivity contribution in [2.24, 2.45) is 0 Å². The molecule has 2 unspecified atom stereocenters. The zero-order valence-corrected chi connectivity index (χ0v) is 55.2. The van der Waals surface area contributed by atoms with E-state index >= 15 is 0 Å². The lowest BCUT2D eigenvalue weighted by atomic mass is 10.0. The second-order valence-electron chi connectivity index (χ2n) is 20.4. The maximum absolute atomic E-state index is 11.6. The number of ether oxygens (including phenoxy) is 5. The maximum Gasteiger partial charge on any atom is 0.313 e. The molecule has 0 bridgehead atoms. The van der Waals surface area contributed by atoms with Crippen LogP contribution in [0.2, 0.25) is 0 Å². The molecule has 0 radical (unpaired) electrons. The number of carbonyl (C=O) groups excluding carboxylic acids is 5. The summed E-state index contributed by atoms with van der Waals surface area (Å²) >= 11 is 0. The van der Waals surface area contributed by atoms with Crippen LogP contribution in [0.15, 0.2) is 172 Å². The SMILES string of the molecule is CC(C(=O)O)c1cccc2ncoc12.CCOC(=O)C(C)c1cccc2ncoc12.CCOC(=O)Cc1cccc(N)c1O.CCOC(=O)Cc1cccc([N+](=O)[O-])c1O.CCOC(=O)Cc1cccc2ncoc12.CCOC(=O)Cc1ccccc1O.O=C(O)Cc1ccccc1O. The van der Waals surface area contributed by atoms with Gasteiger partial charge in [0, 0.05) is 45.0 Å². The first-order chi connectivity index (χ1) is 47.4. The van der Waals surface area contributed by atoms with E-state index in [1.54, 1.807) is 127 Å². The summed E-state index contributed by atoms with van der Waals surface area (Å²) in [4.78, 5) is 99.0. The van der Waals surface area contributed by atoms with Crippen LogP contribution in [0.5, 0.6) is 23.0 Å². The van der Waals surface area contributed by atoms with Gasteiger partial charge in [0.1, 0.15) is 33.8 Å². The van der Waals surface area contributed by atoms with Gasteiger partial charge in [-0.3, -0.25) is 43.7 Å². The number of nitrogens with two attached hydrogens (primary N) is 1. The van der Waals surface area contributed by atoms with Gasteiger partial charge >= 0.3 is 47.5 Å². The fourth-order valence-corrected chi connectivity index (χ4v) is 8.68. The second-order valence-corrected chi connectivity index (χ2v) is 20.4. The highest BCUT2D eigenvalue weighted by Crippen LogP contribution is 2.31. The molecule has 0 aliphatic carbocycles. The number of phenols is 4. The number of carboxylic acids is 2. The lowest BCUT2D eigenvalue weighted by Crippen LogP contribution is -2.13. The van der Waals surface area contributed by atoms with Crippen molar-refractivity contribution in [1.29, 1.82) is 0 Å². The van der Waals surface area contributed by atoms with E-state index in [1.807, 2.05) is 36.4 Å². The summed E-state index contributed by atoms with van der Waals surface area (Å²) in [6.07, 6.45) is 4.16. The molecule has 0 aliphatic rings. The normalized spacial score (nSPS) is 10.7. The van der Waals surface area contributed by atoms with Crippen LogP contribution >= 0.6 is 0 Å². The third-order valence-corrected chi connectivity index (χ3v) is 13.5. The van der Waals surface area contributed by atoms with Gasteiger partial charge in [0.15, 0.2) is 41.7 Å². The number of aliphatic carboxylic acids is 2. The summed E-state index contributed by atoms with van der Waals surface area (Å²) in [6.45, 7) is 13.9. The number of fused-ring (bicyclic) bond motifs is 3. The number of oxazole rings is 3. The number of nitro groups is 1. The molecule has 10 rings (SSSR count). The average Bonchev–Trinajstić information content (AvgIpc) is 1.71. The van der Waals surface area contributed by atoms with Crippen LogP contribution in [0.25, 0.3) is 33.3 Å². The number of nitro benzene ring substituents is 1. The molecule has 3 heterocycles. The first kappa shape index (κ1) is 79.1. The van der Waals surface area contributed by atoms with Crippen molar-refractivity contribution in [3.05, 3.63) is 208 Å². The van der Waals surface area contributed by atoms with Gasteiger partial charge in [0.2, 0.25) is 0 Å². The minimum atomic E-state index is -0.938. The number of para-hydroxylation sites is 7. The minimum Gasteiger partial charge on any atom is -0.508 e. The fourth-order valence-electron chi connectivity index (χ4n) is 8.68. The van der Waals surface area contributed by atoms with E-state index in [1.165, 1.54) is 43.4 Å². The lowest BCUT2D eigenvalue weighted by Gasteiger charge is -2.10. The minimum absolute atomic E-state index is 0.0369. The molecule has 3 aromatic heterocycles. The summed E-state index contributed by atoms with van der Waals surface area (Å²) < 4.78 is 39.7. The highest BCUT2D eigenvalue weighted by atomic mass is 16.6. The Labute approximate surface area is 567 Å². The van der Waals surface area contributed by atoms with Crippen molar-refractivity contribution >= 4 is 86.5 Å². The zero-order chi connectivity index (χ0) is 73.0. The molecule has 0 saturated carbocycles. The smallest absolute Gasteiger partial charge is 0.313 e. The Bertz CT molecular complexity index is 4270. The first-order valence-corrected chi connectivity index (χ1v) is 30.6. The van der Waals surface area contributed by atoms with Gasteiger partial charge in [0.25, 0.3) is 0 Å². The summed E-state index contributed by atoms with van der Waals surface area (Å²) in [7, 11) is 0. The average molecular weight is 1370 g/mol. The van der Waals surface area contributed by atoms with Crippen LogP contribution in [-0.4, -0.2) is 125 Å². The molecule has 0 fully saturated rings.